The molecule has 0 saturated carbocycles. The maximum atomic E-state index is 12.5. The lowest BCUT2D eigenvalue weighted by Crippen LogP contribution is -2.24. The fourth-order valence-corrected chi connectivity index (χ4v) is 2.82. The van der Waals surface area contributed by atoms with E-state index in [0.717, 1.165) is 5.56 Å². The van der Waals surface area contributed by atoms with Gasteiger partial charge in [-0.3, -0.25) is 14.2 Å². The van der Waals surface area contributed by atoms with Crippen LogP contribution in [0.5, 0.6) is 0 Å². The van der Waals surface area contributed by atoms with E-state index in [-0.39, 0.29) is 12.2 Å². The second-order valence-corrected chi connectivity index (χ2v) is 5.01. The van der Waals surface area contributed by atoms with Crippen LogP contribution in [-0.4, -0.2) is 26.9 Å². The first-order chi connectivity index (χ1) is 10.2. The topological polar surface area (TPSA) is 73.6 Å². The minimum absolute atomic E-state index is 0.0714. The SMILES string of the molecule is CCOC(=O)c1cnc2scc(-c3cccnc3)n2c1=O. The van der Waals surface area contributed by atoms with Gasteiger partial charge in [-0.15, -0.1) is 11.3 Å². The number of hydrogen-bond donors (Lipinski definition) is 0. The van der Waals surface area contributed by atoms with Crippen LogP contribution in [0.25, 0.3) is 16.2 Å². The Kier molecular flexibility index (Phi) is 3.49. The van der Waals surface area contributed by atoms with Crippen LogP contribution in [0.1, 0.15) is 17.3 Å². The van der Waals surface area contributed by atoms with Crippen molar-refractivity contribution in [3.63, 3.8) is 0 Å². The predicted octanol–water partition coefficient (Wildman–Crippen LogP) is 1.99. The minimum Gasteiger partial charge on any atom is -0.462 e. The quantitative estimate of drug-likeness (QED) is 0.692. The molecular weight excluding hydrogens is 290 g/mol. The molecule has 0 aliphatic rings. The van der Waals surface area contributed by atoms with Crippen LogP contribution in [0.2, 0.25) is 0 Å². The Hall–Kier alpha value is -2.54. The Labute approximate surface area is 123 Å². The molecule has 7 heteroatoms. The van der Waals surface area contributed by atoms with Gasteiger partial charge in [0.15, 0.2) is 4.96 Å². The molecule has 21 heavy (non-hydrogen) atoms. The van der Waals surface area contributed by atoms with E-state index in [1.807, 2.05) is 11.4 Å². The lowest BCUT2D eigenvalue weighted by Gasteiger charge is -2.03. The van der Waals surface area contributed by atoms with E-state index in [1.54, 1.807) is 25.4 Å². The number of carbonyl (C=O) groups is 1. The number of ether oxygens (including phenoxy) is 1. The molecule has 0 atom stereocenters. The predicted molar refractivity (Wildman–Crippen MR) is 78.5 cm³/mol. The zero-order valence-corrected chi connectivity index (χ0v) is 12.0. The van der Waals surface area contributed by atoms with Gasteiger partial charge in [0.2, 0.25) is 0 Å². The van der Waals surface area contributed by atoms with E-state index in [0.29, 0.717) is 10.7 Å². The first-order valence-corrected chi connectivity index (χ1v) is 7.17. The maximum absolute atomic E-state index is 12.5. The van der Waals surface area contributed by atoms with Crippen LogP contribution in [0.15, 0.2) is 40.9 Å². The van der Waals surface area contributed by atoms with E-state index >= 15 is 0 Å². The summed E-state index contributed by atoms with van der Waals surface area (Å²) in [6.07, 6.45) is 4.58. The monoisotopic (exact) mass is 301 g/mol. The van der Waals surface area contributed by atoms with Gasteiger partial charge in [-0.1, -0.05) is 0 Å². The normalized spacial score (nSPS) is 10.7. The highest BCUT2D eigenvalue weighted by atomic mass is 32.1. The number of thiazole rings is 1. The lowest BCUT2D eigenvalue weighted by molar-refractivity contribution is 0.0523. The van der Waals surface area contributed by atoms with Gasteiger partial charge in [-0.25, -0.2) is 9.78 Å². The molecule has 0 aromatic carbocycles. The summed E-state index contributed by atoms with van der Waals surface area (Å²) >= 11 is 1.33. The molecule has 3 heterocycles. The Morgan fingerprint density at radius 1 is 1.43 bits per heavy atom. The minimum atomic E-state index is -0.660. The number of carbonyl (C=O) groups excluding carboxylic acids is 1. The van der Waals surface area contributed by atoms with Crippen molar-refractivity contribution in [2.75, 3.05) is 6.61 Å². The summed E-state index contributed by atoms with van der Waals surface area (Å²) in [5, 5.41) is 1.82. The molecule has 0 spiro atoms. The third kappa shape index (κ3) is 2.31. The van der Waals surface area contributed by atoms with Gasteiger partial charge in [0.25, 0.3) is 5.56 Å². The van der Waals surface area contributed by atoms with Crippen LogP contribution in [0.4, 0.5) is 0 Å². The molecule has 0 aliphatic heterocycles. The van der Waals surface area contributed by atoms with Crippen molar-refractivity contribution in [3.8, 4) is 11.3 Å². The molecule has 0 N–H and O–H groups in total. The standard InChI is InChI=1S/C14H11N3O3S/c1-2-20-13(19)10-7-16-14-17(12(10)18)11(8-21-14)9-4-3-5-15-6-9/h3-8H,2H2,1H3. The van der Waals surface area contributed by atoms with Crippen LogP contribution in [-0.2, 0) is 4.74 Å². The van der Waals surface area contributed by atoms with Crippen molar-refractivity contribution in [2.24, 2.45) is 0 Å². The van der Waals surface area contributed by atoms with Crippen LogP contribution in [0.3, 0.4) is 0 Å². The Morgan fingerprint density at radius 2 is 2.29 bits per heavy atom. The number of esters is 1. The molecule has 3 aromatic rings. The highest BCUT2D eigenvalue weighted by molar-refractivity contribution is 7.15. The second kappa shape index (κ2) is 5.45. The zero-order valence-electron chi connectivity index (χ0n) is 11.1. The number of fused-ring (bicyclic) bond motifs is 1. The summed E-state index contributed by atoms with van der Waals surface area (Å²) in [5.41, 5.74) is 0.942. The van der Waals surface area contributed by atoms with Crippen molar-refractivity contribution < 1.29 is 9.53 Å². The highest BCUT2D eigenvalue weighted by Gasteiger charge is 2.17. The number of pyridine rings is 1. The van der Waals surface area contributed by atoms with Gasteiger partial charge in [0.1, 0.15) is 5.56 Å². The summed E-state index contributed by atoms with van der Waals surface area (Å²) in [6, 6.07) is 3.63. The Balaban J connectivity index is 2.23. The van der Waals surface area contributed by atoms with Crippen molar-refractivity contribution in [2.45, 2.75) is 6.92 Å². The van der Waals surface area contributed by atoms with Gasteiger partial charge < -0.3 is 4.74 Å². The number of nitrogens with zero attached hydrogens (tertiary/aromatic N) is 3. The van der Waals surface area contributed by atoms with Gasteiger partial charge in [0.05, 0.1) is 18.5 Å². The molecule has 0 bridgehead atoms. The first-order valence-electron chi connectivity index (χ1n) is 6.29. The van der Waals surface area contributed by atoms with Crippen molar-refractivity contribution in [1.29, 1.82) is 0 Å². The van der Waals surface area contributed by atoms with Gasteiger partial charge in [0, 0.05) is 23.3 Å². The van der Waals surface area contributed by atoms with E-state index in [1.165, 1.54) is 21.9 Å². The smallest absolute Gasteiger partial charge is 0.345 e. The lowest BCUT2D eigenvalue weighted by atomic mass is 10.2. The molecule has 0 fully saturated rings. The van der Waals surface area contributed by atoms with Crippen molar-refractivity contribution >= 4 is 22.3 Å². The summed E-state index contributed by atoms with van der Waals surface area (Å²) in [7, 11) is 0. The molecule has 106 valence electrons. The average molecular weight is 301 g/mol. The Morgan fingerprint density at radius 3 is 3.00 bits per heavy atom. The van der Waals surface area contributed by atoms with Crippen LogP contribution in [0, 0.1) is 0 Å². The van der Waals surface area contributed by atoms with E-state index in [9.17, 15) is 9.59 Å². The second-order valence-electron chi connectivity index (χ2n) is 4.18. The van der Waals surface area contributed by atoms with E-state index in [2.05, 4.69) is 9.97 Å². The van der Waals surface area contributed by atoms with Crippen LogP contribution < -0.4 is 5.56 Å². The molecule has 3 rings (SSSR count). The van der Waals surface area contributed by atoms with Gasteiger partial charge in [-0.05, 0) is 19.1 Å². The maximum Gasteiger partial charge on any atom is 0.345 e. The molecule has 0 aliphatic carbocycles. The van der Waals surface area contributed by atoms with Crippen LogP contribution >= 0.6 is 11.3 Å². The largest absolute Gasteiger partial charge is 0.462 e. The summed E-state index contributed by atoms with van der Waals surface area (Å²) in [4.78, 5) is 33.0. The van der Waals surface area contributed by atoms with Gasteiger partial charge >= 0.3 is 5.97 Å². The molecule has 0 unspecified atom stereocenters. The fourth-order valence-electron chi connectivity index (χ4n) is 1.96. The molecular formula is C14H11N3O3S. The number of rotatable bonds is 3. The zero-order chi connectivity index (χ0) is 14.8. The molecule has 0 radical (unpaired) electrons. The fraction of sp³-hybridized carbons (Fsp3) is 0.143. The molecule has 6 nitrogen and oxygen atoms in total. The molecule has 0 amide bonds. The molecule has 3 aromatic heterocycles. The number of hydrogen-bond acceptors (Lipinski definition) is 6. The first kappa shape index (κ1) is 13.4. The highest BCUT2D eigenvalue weighted by Crippen LogP contribution is 2.23. The number of aromatic nitrogens is 3. The molecule has 0 saturated heterocycles. The third-order valence-corrected chi connectivity index (χ3v) is 3.74. The summed E-state index contributed by atoms with van der Waals surface area (Å²) < 4.78 is 6.29. The third-order valence-electron chi connectivity index (χ3n) is 2.90. The average Bonchev–Trinajstić information content (AvgIpc) is 2.93. The summed E-state index contributed by atoms with van der Waals surface area (Å²) in [5.74, 6) is -0.660. The van der Waals surface area contributed by atoms with Crippen molar-refractivity contribution in [3.05, 3.63) is 52.0 Å². The van der Waals surface area contributed by atoms with E-state index < -0.39 is 11.5 Å². The summed E-state index contributed by atoms with van der Waals surface area (Å²) in [6.45, 7) is 1.90. The van der Waals surface area contributed by atoms with Crippen molar-refractivity contribution in [1.82, 2.24) is 14.4 Å². The Bertz CT molecular complexity index is 855. The van der Waals surface area contributed by atoms with E-state index in [4.69, 9.17) is 4.74 Å². The van der Waals surface area contributed by atoms with Gasteiger partial charge in [-0.2, -0.15) is 0 Å².